The van der Waals surface area contributed by atoms with E-state index in [1.54, 1.807) is 19.9 Å². The lowest BCUT2D eigenvalue weighted by Gasteiger charge is -2.14. The molecule has 0 amide bonds. The molecule has 0 unspecified atom stereocenters. The Bertz CT molecular complexity index is 526. The molecule has 0 saturated heterocycles. The van der Waals surface area contributed by atoms with Crippen LogP contribution in [0.25, 0.3) is 0 Å². The molecule has 1 aromatic rings. The second kappa shape index (κ2) is 6.98. The van der Waals surface area contributed by atoms with E-state index in [9.17, 15) is 9.90 Å². The van der Waals surface area contributed by atoms with Crippen molar-refractivity contribution < 1.29 is 19.4 Å². The summed E-state index contributed by atoms with van der Waals surface area (Å²) in [5.41, 5.74) is 2.62. The van der Waals surface area contributed by atoms with Crippen molar-refractivity contribution in [1.82, 2.24) is 0 Å². The Balaban J connectivity index is 2.95. The number of aryl methyl sites for hydroxylation is 1. The van der Waals surface area contributed by atoms with Gasteiger partial charge in [-0.2, -0.15) is 0 Å². The van der Waals surface area contributed by atoms with Gasteiger partial charge in [0.1, 0.15) is 17.1 Å². The lowest BCUT2D eigenvalue weighted by molar-refractivity contribution is 0.0596. The first-order valence-corrected chi connectivity index (χ1v) is 6.56. The molecule has 0 spiro atoms. The Labute approximate surface area is 120 Å². The molecule has 20 heavy (non-hydrogen) atoms. The van der Waals surface area contributed by atoms with Crippen LogP contribution in [0.1, 0.15) is 41.8 Å². The highest BCUT2D eigenvalue weighted by molar-refractivity contribution is 5.95. The van der Waals surface area contributed by atoms with Crippen molar-refractivity contribution in [2.45, 2.75) is 34.1 Å². The van der Waals surface area contributed by atoms with Crippen molar-refractivity contribution in [3.8, 4) is 11.5 Å². The van der Waals surface area contributed by atoms with Gasteiger partial charge in [0.15, 0.2) is 0 Å². The van der Waals surface area contributed by atoms with Crippen LogP contribution in [0.4, 0.5) is 0 Å². The summed E-state index contributed by atoms with van der Waals surface area (Å²) in [4.78, 5) is 11.6. The van der Waals surface area contributed by atoms with E-state index in [4.69, 9.17) is 4.74 Å². The molecule has 0 aromatic heterocycles. The number of carbonyl (C=O) groups is 1. The molecule has 110 valence electrons. The molecule has 1 rings (SSSR count). The van der Waals surface area contributed by atoms with Gasteiger partial charge >= 0.3 is 5.97 Å². The Hall–Kier alpha value is -1.97. The molecule has 1 aromatic carbocycles. The normalized spacial score (nSPS) is 10.1. The molecule has 0 radical (unpaired) electrons. The van der Waals surface area contributed by atoms with Crippen molar-refractivity contribution in [3.05, 3.63) is 34.4 Å². The topological polar surface area (TPSA) is 55.8 Å². The molecule has 0 bridgehead atoms. The second-order valence-electron chi connectivity index (χ2n) is 4.95. The average molecular weight is 278 g/mol. The lowest BCUT2D eigenvalue weighted by Crippen LogP contribution is -2.07. The largest absolute Gasteiger partial charge is 0.507 e. The van der Waals surface area contributed by atoms with Crippen LogP contribution in [0.3, 0.4) is 0 Å². The fourth-order valence-electron chi connectivity index (χ4n) is 1.89. The number of ether oxygens (including phenoxy) is 2. The third-order valence-electron chi connectivity index (χ3n) is 3.02. The third kappa shape index (κ3) is 3.76. The smallest absolute Gasteiger partial charge is 0.341 e. The number of benzene rings is 1. The second-order valence-corrected chi connectivity index (χ2v) is 4.95. The Kier molecular flexibility index (Phi) is 5.62. The molecular weight excluding hydrogens is 256 g/mol. The van der Waals surface area contributed by atoms with Gasteiger partial charge in [0, 0.05) is 5.56 Å². The Morgan fingerprint density at radius 3 is 2.55 bits per heavy atom. The molecule has 0 aliphatic rings. The summed E-state index contributed by atoms with van der Waals surface area (Å²) in [5.74, 6) is -0.0249. The highest BCUT2D eigenvalue weighted by Crippen LogP contribution is 2.33. The van der Waals surface area contributed by atoms with Gasteiger partial charge in [-0.1, -0.05) is 11.6 Å². The predicted octanol–water partition coefficient (Wildman–Crippen LogP) is 3.53. The van der Waals surface area contributed by atoms with Gasteiger partial charge in [-0.3, -0.25) is 0 Å². The maximum Gasteiger partial charge on any atom is 0.341 e. The standard InChI is InChI=1S/C16H22O4/c1-10(2)7-6-8-20-13-9-11(3)14(16(18)19-5)15(17)12(13)4/h7,9,17H,6,8H2,1-5H3. The highest BCUT2D eigenvalue weighted by Gasteiger charge is 2.19. The lowest BCUT2D eigenvalue weighted by atomic mass is 10.0. The summed E-state index contributed by atoms with van der Waals surface area (Å²) in [6, 6.07) is 1.75. The molecule has 0 aliphatic carbocycles. The van der Waals surface area contributed by atoms with E-state index in [-0.39, 0.29) is 11.3 Å². The molecular formula is C16H22O4. The van der Waals surface area contributed by atoms with Crippen molar-refractivity contribution in [2.75, 3.05) is 13.7 Å². The van der Waals surface area contributed by atoms with E-state index in [1.807, 2.05) is 13.8 Å². The Morgan fingerprint density at radius 2 is 2.00 bits per heavy atom. The van der Waals surface area contributed by atoms with Crippen LogP contribution in [0.2, 0.25) is 0 Å². The molecule has 4 heteroatoms. The number of phenols is 1. The first kappa shape index (κ1) is 16.1. The molecule has 0 saturated carbocycles. The summed E-state index contributed by atoms with van der Waals surface area (Å²) in [6.07, 6.45) is 2.89. The zero-order valence-electron chi connectivity index (χ0n) is 12.7. The number of hydrogen-bond acceptors (Lipinski definition) is 4. The monoisotopic (exact) mass is 278 g/mol. The quantitative estimate of drug-likeness (QED) is 0.508. The summed E-state index contributed by atoms with van der Waals surface area (Å²) < 4.78 is 10.3. The van der Waals surface area contributed by atoms with Crippen LogP contribution in [0.15, 0.2) is 17.7 Å². The molecule has 4 nitrogen and oxygen atoms in total. The van der Waals surface area contributed by atoms with Crippen molar-refractivity contribution >= 4 is 5.97 Å². The van der Waals surface area contributed by atoms with E-state index in [0.717, 1.165) is 6.42 Å². The number of methoxy groups -OCH3 is 1. The van der Waals surface area contributed by atoms with E-state index in [2.05, 4.69) is 10.8 Å². The number of hydrogen-bond donors (Lipinski definition) is 1. The predicted molar refractivity (Wildman–Crippen MR) is 78.5 cm³/mol. The van der Waals surface area contributed by atoms with Gasteiger partial charge < -0.3 is 14.6 Å². The minimum atomic E-state index is -0.542. The van der Waals surface area contributed by atoms with Crippen LogP contribution >= 0.6 is 0 Å². The number of aromatic hydroxyl groups is 1. The number of phenolic OH excluding ortho intramolecular Hbond substituents is 1. The summed E-state index contributed by atoms with van der Waals surface area (Å²) in [6.45, 7) is 8.06. The SMILES string of the molecule is COC(=O)c1c(C)cc(OCCC=C(C)C)c(C)c1O. The molecule has 0 atom stereocenters. The minimum absolute atomic E-state index is 0.0749. The molecule has 0 fully saturated rings. The summed E-state index contributed by atoms with van der Waals surface area (Å²) in [5, 5.41) is 10.1. The summed E-state index contributed by atoms with van der Waals surface area (Å²) >= 11 is 0. The van der Waals surface area contributed by atoms with Gasteiger partial charge in [0.25, 0.3) is 0 Å². The molecule has 1 N–H and O–H groups in total. The third-order valence-corrected chi connectivity index (χ3v) is 3.02. The van der Waals surface area contributed by atoms with Gasteiger partial charge in [0.2, 0.25) is 0 Å². The van der Waals surface area contributed by atoms with Crippen LogP contribution in [0.5, 0.6) is 11.5 Å². The van der Waals surface area contributed by atoms with Crippen LogP contribution in [-0.4, -0.2) is 24.8 Å². The number of rotatable bonds is 5. The van der Waals surface area contributed by atoms with Crippen molar-refractivity contribution in [1.29, 1.82) is 0 Å². The van der Waals surface area contributed by atoms with Crippen LogP contribution < -0.4 is 4.74 Å². The van der Waals surface area contributed by atoms with E-state index in [0.29, 0.717) is 23.5 Å². The van der Waals surface area contributed by atoms with Gasteiger partial charge in [-0.05, 0) is 45.7 Å². The number of allylic oxidation sites excluding steroid dienone is 1. The van der Waals surface area contributed by atoms with E-state index < -0.39 is 5.97 Å². The van der Waals surface area contributed by atoms with E-state index >= 15 is 0 Å². The maximum atomic E-state index is 11.6. The highest BCUT2D eigenvalue weighted by atomic mass is 16.5. The minimum Gasteiger partial charge on any atom is -0.507 e. The Morgan fingerprint density at radius 1 is 1.35 bits per heavy atom. The molecule has 0 heterocycles. The van der Waals surface area contributed by atoms with Crippen molar-refractivity contribution in [2.24, 2.45) is 0 Å². The first-order chi connectivity index (χ1) is 9.38. The van der Waals surface area contributed by atoms with E-state index in [1.165, 1.54) is 12.7 Å². The average Bonchev–Trinajstić information content (AvgIpc) is 2.39. The zero-order valence-corrected chi connectivity index (χ0v) is 12.7. The first-order valence-electron chi connectivity index (χ1n) is 6.56. The maximum absolute atomic E-state index is 11.6. The van der Waals surface area contributed by atoms with Crippen molar-refractivity contribution in [3.63, 3.8) is 0 Å². The molecule has 0 aliphatic heterocycles. The fraction of sp³-hybridized carbons (Fsp3) is 0.438. The summed E-state index contributed by atoms with van der Waals surface area (Å²) in [7, 11) is 1.29. The van der Waals surface area contributed by atoms with Crippen LogP contribution in [0, 0.1) is 13.8 Å². The fourth-order valence-corrected chi connectivity index (χ4v) is 1.89. The van der Waals surface area contributed by atoms with Crippen LogP contribution in [-0.2, 0) is 4.74 Å². The zero-order chi connectivity index (χ0) is 15.3. The van der Waals surface area contributed by atoms with Gasteiger partial charge in [0.05, 0.1) is 13.7 Å². The number of esters is 1. The van der Waals surface area contributed by atoms with Gasteiger partial charge in [-0.25, -0.2) is 4.79 Å². The van der Waals surface area contributed by atoms with Gasteiger partial charge in [-0.15, -0.1) is 0 Å². The number of carbonyl (C=O) groups excluding carboxylic acids is 1.